The Labute approximate surface area is 216 Å². The summed E-state index contributed by atoms with van der Waals surface area (Å²) < 4.78 is 80.2. The maximum atomic E-state index is 12.7. The number of carbonyl (C=O) groups is 1. The number of ether oxygens (including phenoxy) is 1. The molecule has 1 N–H and O–H groups in total. The van der Waals surface area contributed by atoms with Crippen LogP contribution in [0, 0.1) is 5.92 Å². The summed E-state index contributed by atoms with van der Waals surface area (Å²) in [6.45, 7) is 3.93. The summed E-state index contributed by atoms with van der Waals surface area (Å²) in [5.41, 5.74) is 2.07. The van der Waals surface area contributed by atoms with E-state index in [1.54, 1.807) is 6.07 Å². The van der Waals surface area contributed by atoms with Crippen molar-refractivity contribution < 1.29 is 35.9 Å². The predicted octanol–water partition coefficient (Wildman–Crippen LogP) is 5.06. The van der Waals surface area contributed by atoms with Crippen molar-refractivity contribution in [2.75, 3.05) is 50.7 Å². The Hall–Kier alpha value is -1.92. The Morgan fingerprint density at radius 1 is 1.00 bits per heavy atom. The first-order valence-corrected chi connectivity index (χ1v) is 12.9. The molecule has 208 valence electrons. The molecule has 0 aliphatic carbocycles. The Balaban J connectivity index is 1.32. The van der Waals surface area contributed by atoms with E-state index < -0.39 is 24.5 Å². The maximum absolute atomic E-state index is 12.7. The van der Waals surface area contributed by atoms with E-state index >= 15 is 0 Å². The van der Waals surface area contributed by atoms with Gasteiger partial charge in [-0.2, -0.15) is 26.3 Å². The number of rotatable bonds is 5. The highest BCUT2D eigenvalue weighted by atomic mass is 35.5. The number of halogens is 7. The van der Waals surface area contributed by atoms with E-state index in [0.717, 1.165) is 48.6 Å². The first-order valence-electron chi connectivity index (χ1n) is 12.5. The van der Waals surface area contributed by atoms with Gasteiger partial charge in [-0.1, -0.05) is 17.7 Å². The van der Waals surface area contributed by atoms with Crippen LogP contribution < -0.4 is 10.2 Å². The molecular weight excluding hydrogens is 526 g/mol. The van der Waals surface area contributed by atoms with Crippen molar-refractivity contribution in [3.63, 3.8) is 0 Å². The predicted molar refractivity (Wildman–Crippen MR) is 127 cm³/mol. The third-order valence-electron chi connectivity index (χ3n) is 7.43. The Morgan fingerprint density at radius 3 is 2.22 bits per heavy atom. The van der Waals surface area contributed by atoms with E-state index in [1.807, 2.05) is 17.0 Å². The van der Waals surface area contributed by atoms with Crippen LogP contribution in [0.2, 0.25) is 5.02 Å². The van der Waals surface area contributed by atoms with Crippen molar-refractivity contribution in [2.24, 2.45) is 5.92 Å². The van der Waals surface area contributed by atoms with Crippen LogP contribution in [0.5, 0.6) is 0 Å². The quantitative estimate of drug-likeness (QED) is 0.514. The lowest BCUT2D eigenvalue weighted by Crippen LogP contribution is -2.52. The number of alkyl halides is 6. The van der Waals surface area contributed by atoms with Crippen molar-refractivity contribution in [3.05, 3.63) is 28.8 Å². The fourth-order valence-corrected chi connectivity index (χ4v) is 5.61. The maximum Gasteiger partial charge on any atom is 0.434 e. The molecular formula is C24H31ClF6N4O2. The molecule has 0 bridgehead atoms. The third kappa shape index (κ3) is 7.14. The van der Waals surface area contributed by atoms with Gasteiger partial charge in [0.1, 0.15) is 0 Å². The van der Waals surface area contributed by atoms with E-state index in [1.165, 1.54) is 12.8 Å². The molecule has 0 spiro atoms. The van der Waals surface area contributed by atoms with Crippen molar-refractivity contribution in [1.29, 1.82) is 0 Å². The zero-order valence-electron chi connectivity index (χ0n) is 20.3. The van der Waals surface area contributed by atoms with Crippen LogP contribution in [0.25, 0.3) is 0 Å². The third-order valence-corrected chi connectivity index (χ3v) is 7.67. The van der Waals surface area contributed by atoms with Gasteiger partial charge in [0.15, 0.2) is 0 Å². The van der Waals surface area contributed by atoms with Crippen LogP contribution in [0.3, 0.4) is 0 Å². The van der Waals surface area contributed by atoms with Crippen molar-refractivity contribution in [2.45, 2.75) is 56.7 Å². The highest BCUT2D eigenvalue weighted by Gasteiger charge is 2.60. The second kappa shape index (κ2) is 11.4. The number of nitrogens with zero attached hydrogens (tertiary/aromatic N) is 3. The molecule has 3 fully saturated rings. The van der Waals surface area contributed by atoms with E-state index in [9.17, 15) is 31.1 Å². The summed E-state index contributed by atoms with van der Waals surface area (Å²) in [5.74, 6) is 0.656. The molecule has 1 aromatic carbocycles. The molecule has 3 heterocycles. The molecule has 37 heavy (non-hydrogen) atoms. The molecule has 3 aliphatic rings. The van der Waals surface area contributed by atoms with Gasteiger partial charge in [0, 0.05) is 62.6 Å². The number of hydrogen-bond acceptors (Lipinski definition) is 5. The lowest BCUT2D eigenvalue weighted by atomic mass is 9.88. The van der Waals surface area contributed by atoms with Crippen molar-refractivity contribution in [3.8, 4) is 0 Å². The molecule has 13 heteroatoms. The average Bonchev–Trinajstić information content (AvgIpc) is 3.38. The molecule has 0 aromatic heterocycles. The van der Waals surface area contributed by atoms with Crippen LogP contribution in [-0.4, -0.2) is 86.2 Å². The summed E-state index contributed by atoms with van der Waals surface area (Å²) >= 11 is 6.30. The van der Waals surface area contributed by atoms with Crippen molar-refractivity contribution >= 4 is 23.4 Å². The van der Waals surface area contributed by atoms with Gasteiger partial charge >= 0.3 is 18.4 Å². The van der Waals surface area contributed by atoms with Crippen LogP contribution in [0.15, 0.2) is 18.2 Å². The molecule has 1 aromatic rings. The van der Waals surface area contributed by atoms with Gasteiger partial charge in [-0.25, -0.2) is 4.79 Å². The van der Waals surface area contributed by atoms with Gasteiger partial charge in [-0.15, -0.1) is 0 Å². The fourth-order valence-electron chi connectivity index (χ4n) is 5.45. The minimum Gasteiger partial charge on any atom is -0.426 e. The minimum atomic E-state index is -5.73. The number of carbonyl (C=O) groups excluding carboxylic acids is 1. The van der Waals surface area contributed by atoms with Crippen molar-refractivity contribution in [1.82, 2.24) is 15.1 Å². The lowest BCUT2D eigenvalue weighted by Gasteiger charge is -2.38. The van der Waals surface area contributed by atoms with Gasteiger partial charge in [0.2, 0.25) is 0 Å². The first-order chi connectivity index (χ1) is 17.4. The monoisotopic (exact) mass is 556 g/mol. The molecule has 3 saturated heterocycles. The van der Waals surface area contributed by atoms with Gasteiger partial charge < -0.3 is 19.9 Å². The van der Waals surface area contributed by atoms with Crippen LogP contribution in [-0.2, 0) is 11.3 Å². The summed E-state index contributed by atoms with van der Waals surface area (Å²) in [4.78, 5) is 17.3. The highest BCUT2D eigenvalue weighted by Crippen LogP contribution is 2.36. The fraction of sp³-hybridized carbons (Fsp3) is 0.708. The van der Waals surface area contributed by atoms with Crippen LogP contribution in [0.4, 0.5) is 36.8 Å². The summed E-state index contributed by atoms with van der Waals surface area (Å²) in [7, 11) is 0. The van der Waals surface area contributed by atoms with E-state index in [4.69, 9.17) is 11.6 Å². The SMILES string of the molecule is O=C(OC(C(F)(F)F)C(F)(F)F)N1CCN(Cc2ccc(Cl)cc2N2CCC(C3CCCN3)CC2)CC1. The van der Waals surface area contributed by atoms with Crippen LogP contribution >= 0.6 is 11.6 Å². The van der Waals surface area contributed by atoms with E-state index in [2.05, 4.69) is 15.0 Å². The second-order valence-electron chi connectivity index (χ2n) is 9.91. The smallest absolute Gasteiger partial charge is 0.426 e. The number of amides is 1. The zero-order valence-corrected chi connectivity index (χ0v) is 21.0. The molecule has 0 saturated carbocycles. The van der Waals surface area contributed by atoms with Gasteiger partial charge in [-0.05, 0) is 55.8 Å². The minimum absolute atomic E-state index is 0.0377. The van der Waals surface area contributed by atoms with E-state index in [-0.39, 0.29) is 26.2 Å². The zero-order chi connectivity index (χ0) is 26.8. The summed E-state index contributed by atoms with van der Waals surface area (Å²) in [6.07, 6.45) is -12.6. The number of benzene rings is 1. The average molecular weight is 557 g/mol. The van der Waals surface area contributed by atoms with Crippen LogP contribution in [0.1, 0.15) is 31.2 Å². The molecule has 4 rings (SSSR count). The topological polar surface area (TPSA) is 48.1 Å². The Morgan fingerprint density at radius 2 is 1.65 bits per heavy atom. The number of piperazine rings is 1. The molecule has 0 radical (unpaired) electrons. The largest absolute Gasteiger partial charge is 0.434 e. The number of anilines is 1. The molecule has 1 amide bonds. The number of piperidine rings is 1. The summed E-state index contributed by atoms with van der Waals surface area (Å²) in [5, 5.41) is 4.22. The number of nitrogens with one attached hydrogen (secondary N) is 1. The standard InChI is InChI=1S/C24H31ClF6N4O2/c25-18-4-3-17(20(14-18)34-8-5-16(6-9-34)19-2-1-7-32-19)15-33-10-12-35(13-11-33)22(36)37-21(23(26,27)28)24(29,30)31/h3-4,14,16,19,21,32H,1-2,5-13,15H2. The molecule has 1 unspecified atom stereocenters. The van der Waals surface area contributed by atoms with E-state index in [0.29, 0.717) is 23.5 Å². The first kappa shape index (κ1) is 28.1. The molecule has 1 atom stereocenters. The van der Waals surface area contributed by atoms with Gasteiger partial charge in [0.05, 0.1) is 0 Å². The Bertz CT molecular complexity index is 911. The highest BCUT2D eigenvalue weighted by molar-refractivity contribution is 6.30. The second-order valence-corrected chi connectivity index (χ2v) is 10.3. The van der Waals surface area contributed by atoms with Gasteiger partial charge in [0.25, 0.3) is 6.10 Å². The molecule has 6 nitrogen and oxygen atoms in total. The normalized spacial score (nSPS) is 22.6. The lowest BCUT2D eigenvalue weighted by molar-refractivity contribution is -0.308. The number of hydrogen-bond donors (Lipinski definition) is 1. The Kier molecular flexibility index (Phi) is 8.69. The summed E-state index contributed by atoms with van der Waals surface area (Å²) in [6, 6.07) is 6.27. The van der Waals surface area contributed by atoms with Gasteiger partial charge in [-0.3, -0.25) is 4.90 Å². The molecule has 3 aliphatic heterocycles.